The molecule has 0 atom stereocenters. The van der Waals surface area contributed by atoms with Gasteiger partial charge in [-0.3, -0.25) is 9.69 Å². The van der Waals surface area contributed by atoms with E-state index in [1.165, 1.54) is 31.0 Å². The number of benzene rings is 1. The van der Waals surface area contributed by atoms with Gasteiger partial charge >= 0.3 is 0 Å². The Balaban J connectivity index is 1.81. The number of likely N-dealkylation sites (N-methyl/N-ethyl adjacent to an activating group) is 1. The number of para-hydroxylation sites is 1. The van der Waals surface area contributed by atoms with Crippen molar-refractivity contribution in [3.05, 3.63) is 40.8 Å². The Labute approximate surface area is 163 Å². The molecule has 2 aliphatic heterocycles. The monoisotopic (exact) mass is 383 g/mol. The van der Waals surface area contributed by atoms with Crippen molar-refractivity contribution >= 4 is 57.0 Å². The van der Waals surface area contributed by atoms with Gasteiger partial charge < -0.3 is 4.90 Å². The molecule has 0 saturated carbocycles. The lowest BCUT2D eigenvalue weighted by atomic mass is 10.1. The number of pyridine rings is 1. The van der Waals surface area contributed by atoms with Crippen molar-refractivity contribution < 1.29 is 4.79 Å². The summed E-state index contributed by atoms with van der Waals surface area (Å²) in [5, 5.41) is 1.09. The van der Waals surface area contributed by atoms with Crippen molar-refractivity contribution in [2.24, 2.45) is 0 Å². The van der Waals surface area contributed by atoms with E-state index in [1.807, 2.05) is 31.2 Å². The fraction of sp³-hybridized carbons (Fsp3) is 0.350. The van der Waals surface area contributed by atoms with Crippen LogP contribution < -0.4 is 4.90 Å². The van der Waals surface area contributed by atoms with E-state index in [0.717, 1.165) is 35.4 Å². The Morgan fingerprint density at radius 3 is 2.73 bits per heavy atom. The second-order valence-corrected chi connectivity index (χ2v) is 8.24. The molecule has 26 heavy (non-hydrogen) atoms. The van der Waals surface area contributed by atoms with Crippen LogP contribution in [0.2, 0.25) is 0 Å². The van der Waals surface area contributed by atoms with Crippen LogP contribution >= 0.6 is 24.0 Å². The van der Waals surface area contributed by atoms with E-state index in [9.17, 15) is 4.79 Å². The number of fused-ring (bicyclic) bond motifs is 1. The van der Waals surface area contributed by atoms with Crippen molar-refractivity contribution in [3.63, 3.8) is 0 Å². The van der Waals surface area contributed by atoms with Crippen LogP contribution in [0.25, 0.3) is 17.0 Å². The minimum absolute atomic E-state index is 0.000234. The first-order valence-electron chi connectivity index (χ1n) is 9.07. The number of hydrogen-bond donors (Lipinski definition) is 0. The normalized spacial score (nSPS) is 19.8. The maximum absolute atomic E-state index is 12.6. The summed E-state index contributed by atoms with van der Waals surface area (Å²) < 4.78 is 0.636. The molecule has 134 valence electrons. The molecule has 1 aromatic carbocycles. The summed E-state index contributed by atoms with van der Waals surface area (Å²) in [5.74, 6) is 0.977. The molecule has 1 amide bonds. The molecule has 0 N–H and O–H groups in total. The Bertz CT molecular complexity index is 903. The first kappa shape index (κ1) is 17.5. The summed E-state index contributed by atoms with van der Waals surface area (Å²) in [6.07, 6.45) is 5.62. The number of piperidine rings is 1. The molecule has 4 nitrogen and oxygen atoms in total. The highest BCUT2D eigenvalue weighted by atomic mass is 32.2. The highest BCUT2D eigenvalue weighted by Gasteiger charge is 2.31. The molecule has 3 heterocycles. The minimum Gasteiger partial charge on any atom is -0.356 e. The number of rotatable bonds is 3. The van der Waals surface area contributed by atoms with Gasteiger partial charge in [-0.05, 0) is 44.4 Å². The van der Waals surface area contributed by atoms with Crippen molar-refractivity contribution in [2.45, 2.75) is 26.2 Å². The van der Waals surface area contributed by atoms with Crippen LogP contribution in [-0.4, -0.2) is 39.7 Å². The van der Waals surface area contributed by atoms with Gasteiger partial charge in [0.15, 0.2) is 0 Å². The molecule has 0 bridgehead atoms. The zero-order valence-corrected chi connectivity index (χ0v) is 16.4. The maximum Gasteiger partial charge on any atom is 0.266 e. The van der Waals surface area contributed by atoms with E-state index < -0.39 is 0 Å². The average molecular weight is 384 g/mol. The number of thioether (sulfide) groups is 1. The quantitative estimate of drug-likeness (QED) is 0.578. The molecule has 0 spiro atoms. The predicted octanol–water partition coefficient (Wildman–Crippen LogP) is 4.45. The SMILES string of the molecule is CCN1C(=O)/C(=C/c2cc3ccccc3nc2N2CCCCC2)SC1=S. The maximum atomic E-state index is 12.6. The van der Waals surface area contributed by atoms with Crippen LogP contribution in [0.1, 0.15) is 31.7 Å². The number of thiocarbonyl (C=S) groups is 1. The molecule has 0 aliphatic carbocycles. The van der Waals surface area contributed by atoms with Crippen molar-refractivity contribution in [2.75, 3.05) is 24.5 Å². The van der Waals surface area contributed by atoms with E-state index in [4.69, 9.17) is 17.2 Å². The van der Waals surface area contributed by atoms with Crippen LogP contribution in [0, 0.1) is 0 Å². The van der Waals surface area contributed by atoms with Crippen LogP contribution in [0.15, 0.2) is 35.2 Å². The summed E-state index contributed by atoms with van der Waals surface area (Å²) in [5.41, 5.74) is 1.99. The van der Waals surface area contributed by atoms with Gasteiger partial charge in [-0.2, -0.15) is 0 Å². The van der Waals surface area contributed by atoms with Crippen molar-refractivity contribution in [1.29, 1.82) is 0 Å². The largest absolute Gasteiger partial charge is 0.356 e. The highest BCUT2D eigenvalue weighted by molar-refractivity contribution is 8.26. The molecule has 2 saturated heterocycles. The molecule has 0 radical (unpaired) electrons. The Hall–Kier alpha value is -1.92. The predicted molar refractivity (Wildman–Crippen MR) is 113 cm³/mol. The molecule has 2 aliphatic rings. The smallest absolute Gasteiger partial charge is 0.266 e. The van der Waals surface area contributed by atoms with E-state index in [1.54, 1.807) is 4.90 Å². The number of carbonyl (C=O) groups excluding carboxylic acids is 1. The van der Waals surface area contributed by atoms with Crippen LogP contribution in [0.3, 0.4) is 0 Å². The van der Waals surface area contributed by atoms with Gasteiger partial charge in [0.2, 0.25) is 0 Å². The third kappa shape index (κ3) is 3.23. The second-order valence-electron chi connectivity index (χ2n) is 6.57. The number of anilines is 1. The highest BCUT2D eigenvalue weighted by Crippen LogP contribution is 2.35. The molecule has 6 heteroatoms. The summed E-state index contributed by atoms with van der Waals surface area (Å²) in [7, 11) is 0. The summed E-state index contributed by atoms with van der Waals surface area (Å²) >= 11 is 6.73. The number of nitrogens with zero attached hydrogens (tertiary/aromatic N) is 3. The summed E-state index contributed by atoms with van der Waals surface area (Å²) in [4.78, 5) is 22.2. The average Bonchev–Trinajstić information content (AvgIpc) is 2.94. The third-order valence-electron chi connectivity index (χ3n) is 4.86. The molecular weight excluding hydrogens is 362 g/mol. The molecule has 2 aromatic rings. The van der Waals surface area contributed by atoms with Gasteiger partial charge in [0.25, 0.3) is 5.91 Å². The lowest BCUT2D eigenvalue weighted by Gasteiger charge is -2.29. The summed E-state index contributed by atoms with van der Waals surface area (Å²) in [6.45, 7) is 4.59. The molecular formula is C20H21N3OS2. The van der Waals surface area contributed by atoms with Gasteiger partial charge in [-0.15, -0.1) is 0 Å². The van der Waals surface area contributed by atoms with Gasteiger partial charge in [-0.25, -0.2) is 4.98 Å². The number of hydrogen-bond acceptors (Lipinski definition) is 5. The fourth-order valence-electron chi connectivity index (χ4n) is 3.50. The van der Waals surface area contributed by atoms with Crippen molar-refractivity contribution in [3.8, 4) is 0 Å². The number of carbonyl (C=O) groups is 1. The topological polar surface area (TPSA) is 36.4 Å². The lowest BCUT2D eigenvalue weighted by Crippen LogP contribution is -2.30. The Kier molecular flexibility index (Phi) is 4.96. The van der Waals surface area contributed by atoms with Gasteiger partial charge in [0.1, 0.15) is 10.1 Å². The van der Waals surface area contributed by atoms with E-state index >= 15 is 0 Å². The minimum atomic E-state index is 0.000234. The first-order chi connectivity index (χ1) is 12.7. The van der Waals surface area contributed by atoms with Crippen molar-refractivity contribution in [1.82, 2.24) is 9.88 Å². The van der Waals surface area contributed by atoms with Gasteiger partial charge in [-0.1, -0.05) is 42.2 Å². The zero-order chi connectivity index (χ0) is 18.1. The molecule has 0 unspecified atom stereocenters. The van der Waals surface area contributed by atoms with Crippen LogP contribution in [-0.2, 0) is 4.79 Å². The number of aromatic nitrogens is 1. The van der Waals surface area contributed by atoms with Crippen LogP contribution in [0.5, 0.6) is 0 Å². The standard InChI is InChI=1S/C20H21N3OS2/c1-2-23-19(24)17(26-20(23)25)13-15-12-14-8-4-5-9-16(14)21-18(15)22-10-6-3-7-11-22/h4-5,8-9,12-13H,2-3,6-7,10-11H2,1H3/b17-13-. The van der Waals surface area contributed by atoms with E-state index in [2.05, 4.69) is 17.0 Å². The van der Waals surface area contributed by atoms with E-state index in [0.29, 0.717) is 15.8 Å². The third-order valence-corrected chi connectivity index (χ3v) is 6.24. The zero-order valence-electron chi connectivity index (χ0n) is 14.8. The van der Waals surface area contributed by atoms with Gasteiger partial charge in [0.05, 0.1) is 10.4 Å². The second kappa shape index (κ2) is 7.37. The Morgan fingerprint density at radius 2 is 2.00 bits per heavy atom. The van der Waals surface area contributed by atoms with Crippen LogP contribution in [0.4, 0.5) is 5.82 Å². The molecule has 4 rings (SSSR count). The van der Waals surface area contributed by atoms with Gasteiger partial charge in [0, 0.05) is 30.6 Å². The summed E-state index contributed by atoms with van der Waals surface area (Å²) in [6, 6.07) is 10.3. The lowest BCUT2D eigenvalue weighted by molar-refractivity contribution is -0.121. The van der Waals surface area contributed by atoms with E-state index in [-0.39, 0.29) is 5.91 Å². The fourth-order valence-corrected chi connectivity index (χ4v) is 4.88. The molecule has 1 aromatic heterocycles. The number of amides is 1. The first-order valence-corrected chi connectivity index (χ1v) is 10.3. The Morgan fingerprint density at radius 1 is 1.23 bits per heavy atom. The molecule has 2 fully saturated rings.